The summed E-state index contributed by atoms with van der Waals surface area (Å²) in [5, 5.41) is 0. The minimum absolute atomic E-state index is 0. The molecule has 0 unspecified atom stereocenters. The monoisotopic (exact) mass is 480 g/mol. The summed E-state index contributed by atoms with van der Waals surface area (Å²) < 4.78 is 27.1. The summed E-state index contributed by atoms with van der Waals surface area (Å²) in [6, 6.07) is 7.14. The van der Waals surface area contributed by atoms with Gasteiger partial charge in [-0.1, -0.05) is 18.6 Å². The fraction of sp³-hybridized carbons (Fsp3) is 0.588. The molecule has 1 aromatic carbocycles. The number of halogens is 1. The Morgan fingerprint density at radius 1 is 1.08 bits per heavy atom. The lowest BCUT2D eigenvalue weighted by Gasteiger charge is -2.26. The van der Waals surface area contributed by atoms with E-state index in [1.165, 1.54) is 0 Å². The van der Waals surface area contributed by atoms with E-state index >= 15 is 0 Å². The molecular weight excluding hydrogens is 451 g/mol. The van der Waals surface area contributed by atoms with Gasteiger partial charge in [-0.2, -0.15) is 4.31 Å². The highest BCUT2D eigenvalue weighted by molar-refractivity contribution is 14.0. The topological polar surface area (TPSA) is 56.2 Å². The molecule has 0 radical (unpaired) electrons. The van der Waals surface area contributed by atoms with Crippen LogP contribution in [0.15, 0.2) is 34.2 Å². The van der Waals surface area contributed by atoms with Crippen LogP contribution in [0.4, 0.5) is 0 Å². The van der Waals surface area contributed by atoms with Gasteiger partial charge in [0, 0.05) is 41.3 Å². The molecule has 2 rings (SSSR count). The van der Waals surface area contributed by atoms with Crippen LogP contribution < -0.4 is 0 Å². The molecule has 1 aliphatic heterocycles. The molecule has 1 aliphatic rings. The van der Waals surface area contributed by atoms with Crippen LogP contribution in [0.1, 0.15) is 24.8 Å². The van der Waals surface area contributed by atoms with Crippen LogP contribution in [0.3, 0.4) is 0 Å². The summed E-state index contributed by atoms with van der Waals surface area (Å²) >= 11 is 0. The molecule has 0 saturated carbocycles. The predicted octanol–water partition coefficient (Wildman–Crippen LogP) is 2.46. The van der Waals surface area contributed by atoms with Crippen molar-refractivity contribution in [3.05, 3.63) is 29.8 Å². The van der Waals surface area contributed by atoms with E-state index in [9.17, 15) is 8.42 Å². The second-order valence-corrected chi connectivity index (χ2v) is 8.46. The van der Waals surface area contributed by atoms with Crippen molar-refractivity contribution in [1.29, 1.82) is 0 Å². The molecule has 0 aliphatic carbocycles. The molecule has 0 aromatic heterocycles. The summed E-state index contributed by atoms with van der Waals surface area (Å²) in [5.74, 6) is 0.847. The Morgan fingerprint density at radius 2 is 1.68 bits per heavy atom. The summed E-state index contributed by atoms with van der Waals surface area (Å²) in [5.41, 5.74) is 0.897. The van der Waals surface area contributed by atoms with Gasteiger partial charge in [-0.3, -0.25) is 0 Å². The fourth-order valence-electron chi connectivity index (χ4n) is 2.90. The van der Waals surface area contributed by atoms with Crippen LogP contribution >= 0.6 is 24.0 Å². The van der Waals surface area contributed by atoms with E-state index in [0.29, 0.717) is 24.5 Å². The molecule has 1 heterocycles. The van der Waals surface area contributed by atoms with Gasteiger partial charge in [-0.15, -0.1) is 24.0 Å². The first-order valence-corrected chi connectivity index (χ1v) is 9.74. The summed E-state index contributed by atoms with van der Waals surface area (Å²) in [7, 11) is 4.37. The quantitative estimate of drug-likeness (QED) is 0.378. The Labute approximate surface area is 169 Å². The molecule has 1 fully saturated rings. The van der Waals surface area contributed by atoms with Crippen molar-refractivity contribution in [3.63, 3.8) is 0 Å². The van der Waals surface area contributed by atoms with Gasteiger partial charge in [-0.05, 0) is 30.5 Å². The first-order valence-electron chi connectivity index (χ1n) is 8.30. The third-order valence-corrected chi connectivity index (χ3v) is 5.95. The number of hydrogen-bond donors (Lipinski definition) is 0. The van der Waals surface area contributed by atoms with Crippen LogP contribution in [0.2, 0.25) is 0 Å². The van der Waals surface area contributed by atoms with Gasteiger partial charge in [0.05, 0.1) is 11.4 Å². The van der Waals surface area contributed by atoms with Crippen molar-refractivity contribution in [3.8, 4) is 0 Å². The van der Waals surface area contributed by atoms with Crippen LogP contribution in [0, 0.1) is 0 Å². The van der Waals surface area contributed by atoms with E-state index < -0.39 is 10.0 Å². The van der Waals surface area contributed by atoms with Crippen LogP contribution in [-0.4, -0.2) is 69.8 Å². The largest absolute Gasteiger partial charge is 0.349 e. The van der Waals surface area contributed by atoms with Crippen molar-refractivity contribution >= 4 is 40.0 Å². The van der Waals surface area contributed by atoms with E-state index in [-0.39, 0.29) is 24.0 Å². The first kappa shape index (κ1) is 22.2. The average molecular weight is 480 g/mol. The van der Waals surface area contributed by atoms with E-state index in [1.807, 2.05) is 44.1 Å². The first-order chi connectivity index (χ1) is 11.3. The molecule has 8 heteroatoms. The molecule has 0 atom stereocenters. The van der Waals surface area contributed by atoms with Crippen LogP contribution in [0.25, 0.3) is 0 Å². The van der Waals surface area contributed by atoms with Gasteiger partial charge in [0.1, 0.15) is 0 Å². The number of piperidine rings is 1. The molecule has 25 heavy (non-hydrogen) atoms. The van der Waals surface area contributed by atoms with Crippen molar-refractivity contribution in [2.45, 2.75) is 30.7 Å². The van der Waals surface area contributed by atoms with Gasteiger partial charge in [0.15, 0.2) is 5.96 Å². The minimum Gasteiger partial charge on any atom is -0.349 e. The van der Waals surface area contributed by atoms with Crippen molar-refractivity contribution < 1.29 is 8.42 Å². The highest BCUT2D eigenvalue weighted by Gasteiger charge is 2.25. The SMILES string of the molecule is CN(C)C(=NCc1cccc(S(=O)(=O)N2CCCCC2)c1)N(C)C.I. The van der Waals surface area contributed by atoms with Gasteiger partial charge in [0.25, 0.3) is 0 Å². The number of guanidine groups is 1. The molecule has 6 nitrogen and oxygen atoms in total. The number of benzene rings is 1. The van der Waals surface area contributed by atoms with E-state index in [4.69, 9.17) is 0 Å². The van der Waals surface area contributed by atoms with Crippen molar-refractivity contribution in [2.24, 2.45) is 4.99 Å². The van der Waals surface area contributed by atoms with E-state index in [0.717, 1.165) is 30.8 Å². The number of hydrogen-bond acceptors (Lipinski definition) is 3. The van der Waals surface area contributed by atoms with Crippen LogP contribution in [-0.2, 0) is 16.6 Å². The molecule has 1 saturated heterocycles. The summed E-state index contributed by atoms with van der Waals surface area (Å²) in [6.07, 6.45) is 3.00. The number of rotatable bonds is 4. The zero-order valence-electron chi connectivity index (χ0n) is 15.5. The van der Waals surface area contributed by atoms with Gasteiger partial charge in [0.2, 0.25) is 10.0 Å². The lowest BCUT2D eigenvalue weighted by atomic mass is 10.2. The highest BCUT2D eigenvalue weighted by Crippen LogP contribution is 2.21. The Bertz CT molecular complexity index is 674. The second-order valence-electron chi connectivity index (χ2n) is 6.52. The third kappa shape index (κ3) is 5.82. The maximum absolute atomic E-state index is 12.8. The van der Waals surface area contributed by atoms with E-state index in [2.05, 4.69) is 4.99 Å². The summed E-state index contributed by atoms with van der Waals surface area (Å²) in [6.45, 7) is 1.70. The Hall–Kier alpha value is -0.870. The molecule has 0 bridgehead atoms. The van der Waals surface area contributed by atoms with Gasteiger partial charge >= 0.3 is 0 Å². The molecule has 1 aromatic rings. The van der Waals surface area contributed by atoms with Crippen molar-refractivity contribution in [1.82, 2.24) is 14.1 Å². The minimum atomic E-state index is -3.39. The molecule has 0 amide bonds. The highest BCUT2D eigenvalue weighted by atomic mass is 127. The lowest BCUT2D eigenvalue weighted by Crippen LogP contribution is -2.35. The molecular formula is C17H29IN4O2S. The normalized spacial score (nSPS) is 15.2. The number of aliphatic imine (C=N–C) groups is 1. The lowest BCUT2D eigenvalue weighted by molar-refractivity contribution is 0.346. The maximum Gasteiger partial charge on any atom is 0.243 e. The standard InChI is InChI=1S/C17H28N4O2S.HI/c1-19(2)17(20(3)4)18-14-15-9-8-10-16(13-15)24(22,23)21-11-6-5-7-12-21;/h8-10,13H,5-7,11-12,14H2,1-4H3;1H. The molecule has 142 valence electrons. The summed E-state index contributed by atoms with van der Waals surface area (Å²) in [4.78, 5) is 8.84. The van der Waals surface area contributed by atoms with E-state index in [1.54, 1.807) is 22.5 Å². The number of sulfonamides is 1. The average Bonchev–Trinajstić information content (AvgIpc) is 2.55. The maximum atomic E-state index is 12.8. The zero-order valence-corrected chi connectivity index (χ0v) is 18.6. The predicted molar refractivity (Wildman–Crippen MR) is 113 cm³/mol. The second kappa shape index (κ2) is 9.72. The van der Waals surface area contributed by atoms with Crippen molar-refractivity contribution in [2.75, 3.05) is 41.3 Å². The van der Waals surface area contributed by atoms with Gasteiger partial charge < -0.3 is 9.80 Å². The Morgan fingerprint density at radius 3 is 2.24 bits per heavy atom. The Kier molecular flexibility index (Phi) is 8.62. The number of nitrogens with zero attached hydrogens (tertiary/aromatic N) is 4. The third-order valence-electron chi connectivity index (χ3n) is 4.05. The Balaban J connectivity index is 0.00000312. The van der Waals surface area contributed by atoms with Gasteiger partial charge in [-0.25, -0.2) is 13.4 Å². The molecule has 0 spiro atoms. The smallest absolute Gasteiger partial charge is 0.243 e. The fourth-order valence-corrected chi connectivity index (χ4v) is 4.49. The molecule has 0 N–H and O–H groups in total. The van der Waals surface area contributed by atoms with Crippen LogP contribution in [0.5, 0.6) is 0 Å². The zero-order chi connectivity index (χ0) is 17.7.